The molecule has 1 unspecified atom stereocenters. The summed E-state index contributed by atoms with van der Waals surface area (Å²) in [5, 5.41) is 2.18. The summed E-state index contributed by atoms with van der Waals surface area (Å²) in [4.78, 5) is 30.9. The smallest absolute Gasteiger partial charge is 0.315 e. The number of ether oxygens (including phenoxy) is 1. The van der Waals surface area contributed by atoms with Crippen LogP contribution < -0.4 is 0 Å². The van der Waals surface area contributed by atoms with E-state index in [0.29, 0.717) is 13.0 Å². The van der Waals surface area contributed by atoms with Crippen LogP contribution in [0.25, 0.3) is 10.8 Å². The molecule has 1 aliphatic heterocycles. The number of ketones is 1. The number of nitrogens with zero attached hydrogens (tertiary/aromatic N) is 1. The largest absolute Gasteiger partial charge is 0.465 e. The Bertz CT molecular complexity index is 1010. The molecular formula is C25H27NO3. The van der Waals surface area contributed by atoms with E-state index >= 15 is 0 Å². The molecule has 0 spiro atoms. The van der Waals surface area contributed by atoms with E-state index < -0.39 is 5.92 Å². The first-order chi connectivity index (χ1) is 14.1. The molecule has 2 aliphatic rings. The van der Waals surface area contributed by atoms with Crippen molar-refractivity contribution in [3.63, 3.8) is 0 Å². The molecule has 150 valence electrons. The molecule has 0 aromatic heterocycles. The Kier molecular flexibility index (Phi) is 5.61. The highest BCUT2D eigenvalue weighted by Crippen LogP contribution is 2.45. The van der Waals surface area contributed by atoms with Gasteiger partial charge in [-0.3, -0.25) is 14.6 Å². The number of rotatable bonds is 5. The summed E-state index contributed by atoms with van der Waals surface area (Å²) in [5.74, 6) is -1.05. The maximum Gasteiger partial charge on any atom is 0.315 e. The number of aliphatic imine (C=N–C) groups is 1. The summed E-state index contributed by atoms with van der Waals surface area (Å²) < 4.78 is 5.62. The number of hydrogen-bond acceptors (Lipinski definition) is 4. The second-order valence-electron chi connectivity index (χ2n) is 7.94. The molecule has 0 radical (unpaired) electrons. The predicted octanol–water partition coefficient (Wildman–Crippen LogP) is 5.36. The fraction of sp³-hybridized carbons (Fsp3) is 0.400. The summed E-state index contributed by atoms with van der Waals surface area (Å²) in [6.45, 7) is 4.37. The molecule has 0 saturated carbocycles. The lowest BCUT2D eigenvalue weighted by Gasteiger charge is -2.35. The van der Waals surface area contributed by atoms with Crippen molar-refractivity contribution in [2.75, 3.05) is 6.61 Å². The quantitative estimate of drug-likeness (QED) is 0.511. The van der Waals surface area contributed by atoms with Crippen LogP contribution in [0.3, 0.4) is 0 Å². The molecular weight excluding hydrogens is 362 g/mol. The van der Waals surface area contributed by atoms with Crippen molar-refractivity contribution in [1.82, 2.24) is 0 Å². The van der Waals surface area contributed by atoms with Gasteiger partial charge in [0.25, 0.3) is 0 Å². The molecule has 4 nitrogen and oxygen atoms in total. The van der Waals surface area contributed by atoms with Crippen LogP contribution in [0, 0.1) is 5.92 Å². The van der Waals surface area contributed by atoms with Gasteiger partial charge in [-0.05, 0) is 42.5 Å². The molecule has 0 fully saturated rings. The first-order valence-corrected chi connectivity index (χ1v) is 10.6. The highest BCUT2D eigenvalue weighted by molar-refractivity contribution is 6.09. The Morgan fingerprint density at radius 2 is 1.93 bits per heavy atom. The summed E-state index contributed by atoms with van der Waals surface area (Å²) in [5.41, 5.74) is 3.33. The van der Waals surface area contributed by atoms with E-state index in [9.17, 15) is 9.59 Å². The van der Waals surface area contributed by atoms with Gasteiger partial charge in [-0.1, -0.05) is 55.8 Å². The molecule has 1 aliphatic carbocycles. The van der Waals surface area contributed by atoms with Crippen molar-refractivity contribution in [3.8, 4) is 0 Å². The normalized spacial score (nSPS) is 21.7. The lowest BCUT2D eigenvalue weighted by Crippen LogP contribution is -2.37. The first-order valence-electron chi connectivity index (χ1n) is 10.6. The predicted molar refractivity (Wildman–Crippen MR) is 115 cm³/mol. The molecule has 29 heavy (non-hydrogen) atoms. The summed E-state index contributed by atoms with van der Waals surface area (Å²) in [6, 6.07) is 14.3. The average Bonchev–Trinajstić information content (AvgIpc) is 2.72. The van der Waals surface area contributed by atoms with E-state index in [1.807, 2.05) is 31.2 Å². The van der Waals surface area contributed by atoms with E-state index in [4.69, 9.17) is 9.73 Å². The van der Waals surface area contributed by atoms with Crippen LogP contribution in [0.5, 0.6) is 0 Å². The van der Waals surface area contributed by atoms with Gasteiger partial charge in [0.1, 0.15) is 5.92 Å². The van der Waals surface area contributed by atoms with Crippen LogP contribution in [0.4, 0.5) is 0 Å². The summed E-state index contributed by atoms with van der Waals surface area (Å²) >= 11 is 0. The Morgan fingerprint density at radius 3 is 2.76 bits per heavy atom. The fourth-order valence-corrected chi connectivity index (χ4v) is 4.58. The number of hydrogen-bond donors (Lipinski definition) is 0. The van der Waals surface area contributed by atoms with Gasteiger partial charge in [0.05, 0.1) is 6.61 Å². The van der Waals surface area contributed by atoms with Crippen molar-refractivity contribution >= 4 is 28.2 Å². The highest BCUT2D eigenvalue weighted by Gasteiger charge is 2.43. The zero-order valence-electron chi connectivity index (χ0n) is 17.1. The van der Waals surface area contributed by atoms with Crippen molar-refractivity contribution in [1.29, 1.82) is 0 Å². The number of benzene rings is 2. The fourth-order valence-electron chi connectivity index (χ4n) is 4.58. The number of Topliss-reactive ketones (excluding diaryl/α,β-unsaturated/α-hetero) is 1. The summed E-state index contributed by atoms with van der Waals surface area (Å²) in [6.07, 6.45) is 3.93. The number of carbonyl (C=O) groups is 2. The van der Waals surface area contributed by atoms with Crippen LogP contribution in [0.15, 0.2) is 58.7 Å². The number of allylic oxidation sites excluding steroid dienone is 2. The van der Waals surface area contributed by atoms with Gasteiger partial charge >= 0.3 is 5.97 Å². The number of unbranched alkanes of at least 4 members (excludes halogenated alkanes) is 1. The van der Waals surface area contributed by atoms with E-state index in [1.54, 1.807) is 0 Å². The second kappa shape index (κ2) is 8.32. The van der Waals surface area contributed by atoms with Gasteiger partial charge in [-0.25, -0.2) is 0 Å². The van der Waals surface area contributed by atoms with Crippen LogP contribution in [0.2, 0.25) is 0 Å². The third kappa shape index (κ3) is 3.64. The van der Waals surface area contributed by atoms with E-state index in [0.717, 1.165) is 59.0 Å². The molecule has 0 amide bonds. The van der Waals surface area contributed by atoms with Crippen LogP contribution in [0.1, 0.15) is 57.4 Å². The monoisotopic (exact) mass is 389 g/mol. The van der Waals surface area contributed by atoms with Gasteiger partial charge in [0.2, 0.25) is 0 Å². The maximum atomic E-state index is 13.1. The standard InChI is InChI=1S/C25H27NO3/c1-3-4-15-29-25(28)22-16(2)26-20-13-8-14-21(27)24(20)23(22)19-12-7-10-17-9-5-6-11-18(17)19/h5-7,9-12,22-23H,3-4,8,13-15H2,1-2H3/t22?,23-/m0/s1. The van der Waals surface area contributed by atoms with Crippen molar-refractivity contribution in [2.45, 2.75) is 51.9 Å². The van der Waals surface area contributed by atoms with E-state index in [-0.39, 0.29) is 17.7 Å². The van der Waals surface area contributed by atoms with Gasteiger partial charge < -0.3 is 4.74 Å². The van der Waals surface area contributed by atoms with Crippen LogP contribution in [-0.4, -0.2) is 24.1 Å². The zero-order chi connectivity index (χ0) is 20.4. The Morgan fingerprint density at radius 1 is 1.14 bits per heavy atom. The van der Waals surface area contributed by atoms with Crippen molar-refractivity contribution in [2.24, 2.45) is 10.9 Å². The third-order valence-corrected chi connectivity index (χ3v) is 5.99. The van der Waals surface area contributed by atoms with Gasteiger partial charge in [-0.2, -0.15) is 0 Å². The minimum Gasteiger partial charge on any atom is -0.465 e. The van der Waals surface area contributed by atoms with Crippen molar-refractivity contribution in [3.05, 3.63) is 59.3 Å². The zero-order valence-corrected chi connectivity index (χ0v) is 17.1. The van der Waals surface area contributed by atoms with E-state index in [1.165, 1.54) is 0 Å². The Labute approximate surface area is 171 Å². The molecule has 0 saturated heterocycles. The lowest BCUT2D eigenvalue weighted by atomic mass is 9.71. The topological polar surface area (TPSA) is 55.7 Å². The minimum atomic E-state index is -0.557. The number of carbonyl (C=O) groups excluding carboxylic acids is 2. The minimum absolute atomic E-state index is 0.117. The molecule has 0 N–H and O–H groups in total. The van der Waals surface area contributed by atoms with Gasteiger partial charge in [0, 0.05) is 29.3 Å². The highest BCUT2D eigenvalue weighted by atomic mass is 16.5. The van der Waals surface area contributed by atoms with Crippen LogP contribution >= 0.6 is 0 Å². The SMILES string of the molecule is CCCCOC(=O)C1C(C)=NC2=C(C(=O)CCC2)[C@H]1c1cccc2ccccc12. The first kappa shape index (κ1) is 19.6. The number of fused-ring (bicyclic) bond motifs is 1. The maximum absolute atomic E-state index is 13.1. The summed E-state index contributed by atoms with van der Waals surface area (Å²) in [7, 11) is 0. The number of esters is 1. The molecule has 4 rings (SSSR count). The van der Waals surface area contributed by atoms with Gasteiger partial charge in [0.15, 0.2) is 5.78 Å². The Hall–Kier alpha value is -2.75. The second-order valence-corrected chi connectivity index (χ2v) is 7.94. The average molecular weight is 389 g/mol. The van der Waals surface area contributed by atoms with Crippen molar-refractivity contribution < 1.29 is 14.3 Å². The molecule has 1 heterocycles. The van der Waals surface area contributed by atoms with Crippen LogP contribution in [-0.2, 0) is 14.3 Å². The lowest BCUT2D eigenvalue weighted by molar-refractivity contribution is -0.146. The molecule has 0 bridgehead atoms. The van der Waals surface area contributed by atoms with Gasteiger partial charge in [-0.15, -0.1) is 0 Å². The van der Waals surface area contributed by atoms with E-state index in [2.05, 4.69) is 25.1 Å². The third-order valence-electron chi connectivity index (χ3n) is 5.99. The molecule has 2 aromatic rings. The molecule has 2 aromatic carbocycles. The molecule has 4 heteroatoms. The Balaban J connectivity index is 1.86. The molecule has 2 atom stereocenters.